The Kier molecular flexibility index (Phi) is 3.97. The average Bonchev–Trinajstić information content (AvgIpc) is 2.41. The van der Waals surface area contributed by atoms with Crippen molar-refractivity contribution in [2.24, 2.45) is 13.0 Å². The third-order valence-corrected chi connectivity index (χ3v) is 3.49. The second-order valence-corrected chi connectivity index (χ2v) is 5.39. The summed E-state index contributed by atoms with van der Waals surface area (Å²) in [4.78, 5) is 51.1. The van der Waals surface area contributed by atoms with Crippen LogP contribution in [0.3, 0.4) is 0 Å². The van der Waals surface area contributed by atoms with Crippen LogP contribution in [0.2, 0.25) is 0 Å². The lowest BCUT2D eigenvalue weighted by atomic mass is 9.99. The number of carbonyl (C=O) groups is 2. The van der Waals surface area contributed by atoms with E-state index in [2.05, 4.69) is 10.3 Å². The van der Waals surface area contributed by atoms with Crippen molar-refractivity contribution in [3.05, 3.63) is 32.6 Å². The van der Waals surface area contributed by atoms with Gasteiger partial charge in [0, 0.05) is 26.3 Å². The maximum Gasteiger partial charge on any atom is 0.328 e. The molecule has 114 valence electrons. The van der Waals surface area contributed by atoms with Crippen molar-refractivity contribution in [1.82, 2.24) is 19.8 Å². The lowest BCUT2D eigenvalue weighted by Crippen LogP contribution is -2.59. The molecule has 0 aliphatic carbocycles. The second-order valence-electron chi connectivity index (χ2n) is 5.39. The van der Waals surface area contributed by atoms with Gasteiger partial charge in [-0.25, -0.2) is 4.79 Å². The molecule has 1 aliphatic heterocycles. The van der Waals surface area contributed by atoms with Crippen molar-refractivity contribution in [3.63, 3.8) is 0 Å². The van der Waals surface area contributed by atoms with Crippen molar-refractivity contribution in [2.45, 2.75) is 19.9 Å². The minimum atomic E-state index is -0.739. The molecule has 2 N–H and O–H groups in total. The lowest BCUT2D eigenvalue weighted by Gasteiger charge is -2.37. The van der Waals surface area contributed by atoms with Gasteiger partial charge in [-0.1, -0.05) is 13.8 Å². The zero-order chi connectivity index (χ0) is 15.7. The van der Waals surface area contributed by atoms with Gasteiger partial charge < -0.3 is 14.8 Å². The van der Waals surface area contributed by atoms with Crippen LogP contribution in [0.25, 0.3) is 0 Å². The van der Waals surface area contributed by atoms with Crippen LogP contribution in [0.1, 0.15) is 24.2 Å². The Hall–Kier alpha value is -2.38. The number of aryl methyl sites for hydroxylation is 1. The quantitative estimate of drug-likeness (QED) is 0.705. The third-order valence-electron chi connectivity index (χ3n) is 3.49. The molecule has 2 heterocycles. The van der Waals surface area contributed by atoms with Crippen LogP contribution in [0.5, 0.6) is 0 Å². The van der Waals surface area contributed by atoms with E-state index < -0.39 is 23.2 Å². The number of hydrogen-bond donors (Lipinski definition) is 2. The molecule has 0 aromatic carbocycles. The lowest BCUT2D eigenvalue weighted by molar-refractivity contribution is -0.129. The number of H-pyrrole nitrogens is 1. The van der Waals surface area contributed by atoms with Gasteiger partial charge in [0.15, 0.2) is 0 Å². The fourth-order valence-electron chi connectivity index (χ4n) is 2.45. The summed E-state index contributed by atoms with van der Waals surface area (Å²) in [6.07, 6.45) is 1.20. The molecule has 8 nitrogen and oxygen atoms in total. The first kappa shape index (κ1) is 15.0. The first-order chi connectivity index (χ1) is 9.82. The van der Waals surface area contributed by atoms with Crippen LogP contribution in [-0.2, 0) is 11.8 Å². The largest absolute Gasteiger partial charge is 0.353 e. The number of piperazine rings is 1. The Bertz CT molecular complexity index is 688. The van der Waals surface area contributed by atoms with E-state index in [1.807, 2.05) is 13.8 Å². The molecule has 1 saturated heterocycles. The molecule has 1 aromatic heterocycles. The van der Waals surface area contributed by atoms with Crippen LogP contribution in [0, 0.1) is 5.92 Å². The standard InChI is InChI=1S/C13H18N4O4/c1-7(2)9-11(19)14-4-5-17(9)12(20)8-6-16(3)13(21)15-10(8)18/h6-7,9H,4-5H2,1-3H3,(H,14,19)(H,15,18,21). The molecule has 1 atom stereocenters. The molecule has 21 heavy (non-hydrogen) atoms. The van der Waals surface area contributed by atoms with Crippen molar-refractivity contribution in [1.29, 1.82) is 0 Å². The van der Waals surface area contributed by atoms with Crippen LogP contribution in [0.4, 0.5) is 0 Å². The number of carbonyl (C=O) groups excluding carboxylic acids is 2. The Morgan fingerprint density at radius 2 is 2.00 bits per heavy atom. The van der Waals surface area contributed by atoms with E-state index in [-0.39, 0.29) is 17.4 Å². The molecule has 0 saturated carbocycles. The predicted octanol–water partition coefficient (Wildman–Crippen LogP) is -1.33. The molecule has 1 unspecified atom stereocenters. The first-order valence-corrected chi connectivity index (χ1v) is 6.71. The molecular formula is C13H18N4O4. The molecule has 2 rings (SSSR count). The predicted molar refractivity (Wildman–Crippen MR) is 75.0 cm³/mol. The Morgan fingerprint density at radius 1 is 1.33 bits per heavy atom. The molecular weight excluding hydrogens is 276 g/mol. The molecule has 8 heteroatoms. The van der Waals surface area contributed by atoms with E-state index >= 15 is 0 Å². The average molecular weight is 294 g/mol. The van der Waals surface area contributed by atoms with Gasteiger partial charge in [-0.3, -0.25) is 19.4 Å². The number of hydrogen-bond acceptors (Lipinski definition) is 4. The highest BCUT2D eigenvalue weighted by Crippen LogP contribution is 2.16. The highest BCUT2D eigenvalue weighted by atomic mass is 16.2. The van der Waals surface area contributed by atoms with Gasteiger partial charge in [0.1, 0.15) is 11.6 Å². The summed E-state index contributed by atoms with van der Waals surface area (Å²) in [5, 5.41) is 2.71. The van der Waals surface area contributed by atoms with E-state index in [1.165, 1.54) is 18.1 Å². The van der Waals surface area contributed by atoms with E-state index in [4.69, 9.17) is 0 Å². The van der Waals surface area contributed by atoms with Crippen molar-refractivity contribution >= 4 is 11.8 Å². The number of nitrogens with one attached hydrogen (secondary N) is 2. The minimum Gasteiger partial charge on any atom is -0.353 e. The number of aromatic amines is 1. The SMILES string of the molecule is CC(C)C1C(=O)NCCN1C(=O)c1cn(C)c(=O)[nH]c1=O. The Morgan fingerprint density at radius 3 is 2.62 bits per heavy atom. The topological polar surface area (TPSA) is 104 Å². The van der Waals surface area contributed by atoms with Gasteiger partial charge in [0.2, 0.25) is 5.91 Å². The first-order valence-electron chi connectivity index (χ1n) is 6.71. The molecule has 0 spiro atoms. The highest BCUT2D eigenvalue weighted by molar-refractivity contribution is 5.97. The molecule has 2 amide bonds. The van der Waals surface area contributed by atoms with Gasteiger partial charge in [-0.15, -0.1) is 0 Å². The van der Waals surface area contributed by atoms with Gasteiger partial charge in [-0.2, -0.15) is 0 Å². The van der Waals surface area contributed by atoms with E-state index in [9.17, 15) is 19.2 Å². The van der Waals surface area contributed by atoms with Crippen LogP contribution in [-0.4, -0.2) is 45.4 Å². The zero-order valence-electron chi connectivity index (χ0n) is 12.2. The maximum atomic E-state index is 12.6. The summed E-state index contributed by atoms with van der Waals surface area (Å²) in [5.41, 5.74) is -1.47. The van der Waals surface area contributed by atoms with E-state index in [1.54, 1.807) is 0 Å². The Labute approximate surface area is 120 Å². The number of rotatable bonds is 2. The van der Waals surface area contributed by atoms with Gasteiger partial charge in [-0.05, 0) is 5.92 Å². The van der Waals surface area contributed by atoms with Gasteiger partial charge in [0.05, 0.1) is 0 Å². The van der Waals surface area contributed by atoms with Crippen LogP contribution < -0.4 is 16.6 Å². The normalized spacial score (nSPS) is 18.8. The molecule has 0 radical (unpaired) electrons. The summed E-state index contributed by atoms with van der Waals surface area (Å²) >= 11 is 0. The van der Waals surface area contributed by atoms with Crippen molar-refractivity contribution in [2.75, 3.05) is 13.1 Å². The fourth-order valence-corrected chi connectivity index (χ4v) is 2.45. The summed E-state index contributed by atoms with van der Waals surface area (Å²) in [6.45, 7) is 4.34. The van der Waals surface area contributed by atoms with Crippen molar-refractivity contribution in [3.8, 4) is 0 Å². The zero-order valence-corrected chi connectivity index (χ0v) is 12.2. The van der Waals surface area contributed by atoms with Gasteiger partial charge in [0.25, 0.3) is 11.5 Å². The van der Waals surface area contributed by atoms with Gasteiger partial charge >= 0.3 is 5.69 Å². The monoisotopic (exact) mass is 294 g/mol. The Balaban J connectivity index is 2.43. The molecule has 0 bridgehead atoms. The summed E-state index contributed by atoms with van der Waals surface area (Å²) < 4.78 is 1.13. The summed E-state index contributed by atoms with van der Waals surface area (Å²) in [6, 6.07) is -0.622. The second kappa shape index (κ2) is 5.55. The molecule has 1 aliphatic rings. The summed E-state index contributed by atoms with van der Waals surface area (Å²) in [7, 11) is 1.44. The van der Waals surface area contributed by atoms with E-state index in [0.29, 0.717) is 13.1 Å². The summed E-state index contributed by atoms with van der Waals surface area (Å²) in [5.74, 6) is -0.855. The highest BCUT2D eigenvalue weighted by Gasteiger charge is 2.36. The number of amides is 2. The fraction of sp³-hybridized carbons (Fsp3) is 0.538. The van der Waals surface area contributed by atoms with E-state index in [0.717, 1.165) is 4.57 Å². The minimum absolute atomic E-state index is 0.0825. The number of aromatic nitrogens is 2. The molecule has 1 fully saturated rings. The van der Waals surface area contributed by atoms with Crippen LogP contribution >= 0.6 is 0 Å². The maximum absolute atomic E-state index is 12.6. The van der Waals surface area contributed by atoms with Crippen LogP contribution in [0.15, 0.2) is 15.8 Å². The smallest absolute Gasteiger partial charge is 0.328 e. The third kappa shape index (κ3) is 2.74. The molecule has 1 aromatic rings. The number of nitrogens with zero attached hydrogens (tertiary/aromatic N) is 2. The van der Waals surface area contributed by atoms with Crippen molar-refractivity contribution < 1.29 is 9.59 Å².